The third-order valence-electron chi connectivity index (χ3n) is 0.788. The molecule has 0 bridgehead atoms. The molecule has 0 amide bonds. The van der Waals surface area contributed by atoms with Gasteiger partial charge >= 0.3 is 35.5 Å². The summed E-state index contributed by atoms with van der Waals surface area (Å²) in [6.07, 6.45) is 2.11. The molecular weight excluding hydrogens is 127 g/mol. The molecule has 3 heteroatoms. The number of hydrogen-bond donors (Lipinski definition) is 1. The molecule has 0 aliphatic rings. The van der Waals surface area contributed by atoms with Crippen LogP contribution in [0.1, 0.15) is 13.3 Å². The molecule has 0 radical (unpaired) electrons. The van der Waals surface area contributed by atoms with Crippen LogP contribution in [0.15, 0.2) is 11.6 Å². The Morgan fingerprint density at radius 1 is 1.78 bits per heavy atom. The van der Waals surface area contributed by atoms with E-state index in [9.17, 15) is 4.79 Å². The molecule has 0 aromatic heterocycles. The van der Waals surface area contributed by atoms with Crippen molar-refractivity contribution in [1.29, 1.82) is 0 Å². The van der Waals surface area contributed by atoms with Crippen molar-refractivity contribution in [2.75, 3.05) is 0 Å². The Morgan fingerprint density at radius 3 is 2.33 bits per heavy atom. The van der Waals surface area contributed by atoms with Crippen molar-refractivity contribution in [3.63, 3.8) is 0 Å². The summed E-state index contributed by atoms with van der Waals surface area (Å²) in [5.74, 6) is -0.867. The van der Waals surface area contributed by atoms with Crippen LogP contribution < -0.4 is 29.6 Å². The molecule has 0 aromatic rings. The molecule has 0 aliphatic heterocycles. The third kappa shape index (κ3) is 6.09. The SMILES string of the molecule is [CH2-]CC=C(C)C(=O)O.[Na+]. The normalized spacial score (nSPS) is 10.2. The van der Waals surface area contributed by atoms with Gasteiger partial charge in [0.1, 0.15) is 0 Å². The number of carbonyl (C=O) groups is 1. The molecule has 46 valence electrons. The average Bonchev–Trinajstić information content (AvgIpc) is 1.67. The van der Waals surface area contributed by atoms with E-state index in [2.05, 4.69) is 6.92 Å². The number of rotatable bonds is 2. The fraction of sp³-hybridized carbons (Fsp3) is 0.333. The van der Waals surface area contributed by atoms with Gasteiger partial charge in [0.25, 0.3) is 0 Å². The predicted octanol–water partition coefficient (Wildman–Crippen LogP) is -1.75. The molecule has 0 saturated carbocycles. The second-order valence-corrected chi connectivity index (χ2v) is 1.48. The number of aliphatic carboxylic acids is 1. The summed E-state index contributed by atoms with van der Waals surface area (Å²) in [5, 5.41) is 8.22. The van der Waals surface area contributed by atoms with Crippen molar-refractivity contribution >= 4 is 5.97 Å². The Labute approximate surface area is 77.2 Å². The Kier molecular flexibility index (Phi) is 8.40. The van der Waals surface area contributed by atoms with Crippen LogP contribution in [0.4, 0.5) is 0 Å². The minimum atomic E-state index is -0.867. The van der Waals surface area contributed by atoms with Gasteiger partial charge in [0.2, 0.25) is 0 Å². The van der Waals surface area contributed by atoms with Crippen molar-refractivity contribution < 1.29 is 39.5 Å². The van der Waals surface area contributed by atoms with Crippen molar-refractivity contribution in [3.05, 3.63) is 18.6 Å². The van der Waals surface area contributed by atoms with Gasteiger partial charge in [0.15, 0.2) is 0 Å². The summed E-state index contributed by atoms with van der Waals surface area (Å²) in [6.45, 7) is 5.02. The van der Waals surface area contributed by atoms with Crippen molar-refractivity contribution in [3.8, 4) is 0 Å². The molecule has 0 aromatic carbocycles. The molecule has 0 atom stereocenters. The molecule has 2 nitrogen and oxygen atoms in total. The first-order chi connectivity index (χ1) is 3.68. The smallest absolute Gasteiger partial charge is 0.478 e. The fourth-order valence-electron chi connectivity index (χ4n) is 0.304. The van der Waals surface area contributed by atoms with E-state index < -0.39 is 5.97 Å². The van der Waals surface area contributed by atoms with Gasteiger partial charge in [-0.25, -0.2) is 4.79 Å². The molecule has 0 fully saturated rings. The zero-order valence-electron chi connectivity index (χ0n) is 5.85. The number of allylic oxidation sites excluding steroid dienone is 1. The van der Waals surface area contributed by atoms with Gasteiger partial charge in [-0.1, -0.05) is 0 Å². The zero-order chi connectivity index (χ0) is 6.57. The van der Waals surface area contributed by atoms with Crippen molar-refractivity contribution in [2.45, 2.75) is 13.3 Å². The zero-order valence-corrected chi connectivity index (χ0v) is 7.85. The second kappa shape index (κ2) is 6.33. The van der Waals surface area contributed by atoms with E-state index in [1.165, 1.54) is 0 Å². The first kappa shape index (κ1) is 11.9. The van der Waals surface area contributed by atoms with Gasteiger partial charge in [-0.2, -0.15) is 6.42 Å². The van der Waals surface area contributed by atoms with E-state index >= 15 is 0 Å². The fourth-order valence-corrected chi connectivity index (χ4v) is 0.304. The Bertz CT molecular complexity index is 118. The van der Waals surface area contributed by atoms with E-state index in [0.717, 1.165) is 0 Å². The van der Waals surface area contributed by atoms with Gasteiger partial charge in [0, 0.05) is 5.57 Å². The molecule has 0 saturated heterocycles. The molecule has 0 spiro atoms. The molecule has 0 aliphatic carbocycles. The summed E-state index contributed by atoms with van der Waals surface area (Å²) in [7, 11) is 0. The topological polar surface area (TPSA) is 37.3 Å². The molecule has 0 heterocycles. The van der Waals surface area contributed by atoms with Crippen molar-refractivity contribution in [2.24, 2.45) is 0 Å². The predicted molar refractivity (Wildman–Crippen MR) is 31.4 cm³/mol. The number of carboxylic acids is 1. The maximum Gasteiger partial charge on any atom is 1.00 e. The van der Waals surface area contributed by atoms with Crippen LogP contribution >= 0.6 is 0 Å². The first-order valence-electron chi connectivity index (χ1n) is 2.37. The minimum absolute atomic E-state index is 0. The van der Waals surface area contributed by atoms with Crippen LogP contribution in [0.2, 0.25) is 0 Å². The molecule has 0 rings (SSSR count). The summed E-state index contributed by atoms with van der Waals surface area (Å²) in [4.78, 5) is 9.99. The summed E-state index contributed by atoms with van der Waals surface area (Å²) >= 11 is 0. The van der Waals surface area contributed by atoms with E-state index in [0.29, 0.717) is 12.0 Å². The van der Waals surface area contributed by atoms with Crippen LogP contribution in [-0.2, 0) is 4.79 Å². The third-order valence-corrected chi connectivity index (χ3v) is 0.788. The van der Waals surface area contributed by atoms with Gasteiger partial charge in [-0.05, 0) is 6.92 Å². The second-order valence-electron chi connectivity index (χ2n) is 1.48. The van der Waals surface area contributed by atoms with Gasteiger partial charge in [0.05, 0.1) is 0 Å². The molecular formula is C6H9NaO2. The maximum atomic E-state index is 9.99. The van der Waals surface area contributed by atoms with Crippen LogP contribution in [-0.4, -0.2) is 11.1 Å². The Balaban J connectivity index is 0. The summed E-state index contributed by atoms with van der Waals surface area (Å²) in [5.41, 5.74) is 0.361. The van der Waals surface area contributed by atoms with Crippen LogP contribution in [0.5, 0.6) is 0 Å². The largest absolute Gasteiger partial charge is 1.00 e. The van der Waals surface area contributed by atoms with Crippen molar-refractivity contribution in [1.82, 2.24) is 0 Å². The Morgan fingerprint density at radius 2 is 2.22 bits per heavy atom. The quantitative estimate of drug-likeness (QED) is 0.277. The Hall–Kier alpha value is 0.210. The number of carboxylic acid groups (broad SMARTS) is 1. The molecule has 1 N–H and O–H groups in total. The van der Waals surface area contributed by atoms with Gasteiger partial charge in [-0.15, -0.1) is 6.08 Å². The van der Waals surface area contributed by atoms with E-state index in [1.807, 2.05) is 0 Å². The van der Waals surface area contributed by atoms with Gasteiger partial charge in [-0.3, -0.25) is 0 Å². The monoisotopic (exact) mass is 136 g/mol. The minimum Gasteiger partial charge on any atom is -0.478 e. The van der Waals surface area contributed by atoms with E-state index in [4.69, 9.17) is 5.11 Å². The molecule has 9 heavy (non-hydrogen) atoms. The van der Waals surface area contributed by atoms with Gasteiger partial charge < -0.3 is 12.0 Å². The summed E-state index contributed by atoms with van der Waals surface area (Å²) in [6, 6.07) is 0. The number of hydrogen-bond acceptors (Lipinski definition) is 1. The van der Waals surface area contributed by atoms with Crippen LogP contribution in [0, 0.1) is 6.92 Å². The van der Waals surface area contributed by atoms with E-state index in [-0.39, 0.29) is 29.6 Å². The summed E-state index contributed by atoms with van der Waals surface area (Å²) < 4.78 is 0. The van der Waals surface area contributed by atoms with Crippen LogP contribution in [0.25, 0.3) is 0 Å². The average molecular weight is 136 g/mol. The van der Waals surface area contributed by atoms with Crippen LogP contribution in [0.3, 0.4) is 0 Å². The first-order valence-corrected chi connectivity index (χ1v) is 2.37. The molecule has 0 unspecified atom stereocenters. The van der Waals surface area contributed by atoms with E-state index in [1.54, 1.807) is 13.0 Å². The maximum absolute atomic E-state index is 9.99. The standard InChI is InChI=1S/C6H9O2.Na/c1-3-4-5(2)6(7)8;/h4H,1,3H2,2H3,(H,7,8);/q-1;+1.